The van der Waals surface area contributed by atoms with Crippen LogP contribution in [0.1, 0.15) is 18.9 Å². The van der Waals surface area contributed by atoms with E-state index >= 15 is 0 Å². The van der Waals surface area contributed by atoms with Crippen molar-refractivity contribution in [2.75, 3.05) is 7.05 Å². The van der Waals surface area contributed by atoms with Gasteiger partial charge in [-0.1, -0.05) is 18.2 Å². The Hall–Kier alpha value is -2.28. The molecule has 2 N–H and O–H groups in total. The largest absolute Gasteiger partial charge is 0.369 e. The van der Waals surface area contributed by atoms with Gasteiger partial charge in [-0.2, -0.15) is 4.39 Å². The predicted octanol–water partition coefficient (Wildman–Crippen LogP) is 3.04. The lowest BCUT2D eigenvalue weighted by molar-refractivity contribution is -0.128. The lowest BCUT2D eigenvalue weighted by Gasteiger charge is -2.33. The Bertz CT molecular complexity index is 854. The lowest BCUT2D eigenvalue weighted by atomic mass is 9.86. The van der Waals surface area contributed by atoms with E-state index in [0.29, 0.717) is 15.6 Å². The number of rotatable bonds is 2. The van der Waals surface area contributed by atoms with E-state index in [1.165, 1.54) is 11.1 Å². The highest BCUT2D eigenvalue weighted by Gasteiger charge is 2.36. The molecule has 1 aromatic carbocycles. The first-order valence-corrected chi connectivity index (χ1v) is 8.13. The summed E-state index contributed by atoms with van der Waals surface area (Å²) in [7, 11) is 1.60. The Morgan fingerprint density at radius 1 is 1.38 bits per heavy atom. The number of nitrogens with two attached hydrogens (primary N) is 1. The van der Waals surface area contributed by atoms with Crippen LogP contribution in [0.2, 0.25) is 0 Å². The van der Waals surface area contributed by atoms with Crippen LogP contribution in [0.25, 0.3) is 11.1 Å². The average Bonchev–Trinajstić information content (AvgIpc) is 2.55. The summed E-state index contributed by atoms with van der Waals surface area (Å²) in [6.07, 6.45) is 1.61. The molecule has 1 unspecified atom stereocenters. The monoisotopic (exact) mass is 390 g/mol. The van der Waals surface area contributed by atoms with Gasteiger partial charge in [-0.05, 0) is 46.1 Å². The fourth-order valence-electron chi connectivity index (χ4n) is 2.72. The van der Waals surface area contributed by atoms with Gasteiger partial charge in [0.15, 0.2) is 5.96 Å². The third-order valence-corrected chi connectivity index (χ3v) is 4.61. The van der Waals surface area contributed by atoms with Gasteiger partial charge < -0.3 is 5.73 Å². The third kappa shape index (κ3) is 2.91. The van der Waals surface area contributed by atoms with E-state index in [1.54, 1.807) is 19.2 Å². The zero-order valence-corrected chi connectivity index (χ0v) is 14.8. The summed E-state index contributed by atoms with van der Waals surface area (Å²) in [5.74, 6) is -0.483. The number of carbonyl (C=O) groups is 1. The first-order valence-electron chi connectivity index (χ1n) is 7.34. The number of guanidine groups is 1. The molecule has 0 spiro atoms. The number of nitrogens with zero attached hydrogens (tertiary/aromatic N) is 3. The van der Waals surface area contributed by atoms with Crippen molar-refractivity contribution in [1.29, 1.82) is 0 Å². The van der Waals surface area contributed by atoms with Crippen LogP contribution in [-0.4, -0.2) is 28.8 Å². The van der Waals surface area contributed by atoms with Gasteiger partial charge in [0.25, 0.3) is 0 Å². The minimum absolute atomic E-state index is 0.106. The second kappa shape index (κ2) is 5.98. The van der Waals surface area contributed by atoms with Crippen LogP contribution in [0.5, 0.6) is 0 Å². The van der Waals surface area contributed by atoms with Gasteiger partial charge in [0, 0.05) is 23.3 Å². The SMILES string of the molecule is CN1C(=O)CC(C)(c2cccc(-c3cc(Br)cnc3F)c2)N=C1N. The Balaban J connectivity index is 2.08. The summed E-state index contributed by atoms with van der Waals surface area (Å²) < 4.78 is 14.7. The highest BCUT2D eigenvalue weighted by atomic mass is 79.9. The zero-order chi connectivity index (χ0) is 17.5. The number of pyridine rings is 1. The number of hydrogen-bond acceptors (Lipinski definition) is 4. The minimum atomic E-state index is -0.778. The number of amides is 1. The van der Waals surface area contributed by atoms with Crippen molar-refractivity contribution in [3.05, 3.63) is 52.5 Å². The maximum absolute atomic E-state index is 14.1. The fourth-order valence-corrected chi connectivity index (χ4v) is 3.05. The van der Waals surface area contributed by atoms with Crippen molar-refractivity contribution in [2.45, 2.75) is 18.9 Å². The van der Waals surface area contributed by atoms with Crippen LogP contribution in [0.4, 0.5) is 4.39 Å². The topological polar surface area (TPSA) is 71.6 Å². The van der Waals surface area contributed by atoms with E-state index in [9.17, 15) is 9.18 Å². The molecular weight excluding hydrogens is 375 g/mol. The van der Waals surface area contributed by atoms with Crippen molar-refractivity contribution >= 4 is 27.8 Å². The molecule has 0 saturated heterocycles. The fraction of sp³-hybridized carbons (Fsp3) is 0.235. The number of benzene rings is 1. The van der Waals surface area contributed by atoms with E-state index in [-0.39, 0.29) is 18.3 Å². The minimum Gasteiger partial charge on any atom is -0.369 e. The highest BCUT2D eigenvalue weighted by Crippen LogP contribution is 2.35. The van der Waals surface area contributed by atoms with E-state index in [0.717, 1.165) is 5.56 Å². The quantitative estimate of drug-likeness (QED) is 0.800. The maximum Gasteiger partial charge on any atom is 0.231 e. The van der Waals surface area contributed by atoms with Crippen LogP contribution < -0.4 is 5.73 Å². The predicted molar refractivity (Wildman–Crippen MR) is 93.7 cm³/mol. The number of halogens is 2. The maximum atomic E-state index is 14.1. The zero-order valence-electron chi connectivity index (χ0n) is 13.3. The molecule has 7 heteroatoms. The number of aromatic nitrogens is 1. The van der Waals surface area contributed by atoms with Crippen LogP contribution >= 0.6 is 15.9 Å². The van der Waals surface area contributed by atoms with Crippen molar-refractivity contribution in [3.8, 4) is 11.1 Å². The van der Waals surface area contributed by atoms with Gasteiger partial charge in [0.2, 0.25) is 11.9 Å². The Morgan fingerprint density at radius 3 is 2.83 bits per heavy atom. The van der Waals surface area contributed by atoms with Gasteiger partial charge in [-0.3, -0.25) is 9.69 Å². The van der Waals surface area contributed by atoms with Crippen molar-refractivity contribution in [3.63, 3.8) is 0 Å². The van der Waals surface area contributed by atoms with Gasteiger partial charge in [-0.15, -0.1) is 0 Å². The molecule has 0 aliphatic carbocycles. The molecule has 1 aromatic heterocycles. The molecule has 1 atom stereocenters. The Labute approximate surface area is 147 Å². The van der Waals surface area contributed by atoms with Crippen LogP contribution in [-0.2, 0) is 10.3 Å². The van der Waals surface area contributed by atoms with E-state index in [2.05, 4.69) is 25.9 Å². The van der Waals surface area contributed by atoms with Crippen molar-refractivity contribution in [1.82, 2.24) is 9.88 Å². The van der Waals surface area contributed by atoms with E-state index < -0.39 is 11.5 Å². The molecule has 0 bridgehead atoms. The molecule has 3 rings (SSSR count). The molecule has 1 aliphatic heterocycles. The van der Waals surface area contributed by atoms with E-state index in [4.69, 9.17) is 5.73 Å². The normalized spacial score (nSPS) is 20.9. The summed E-state index contributed by atoms with van der Waals surface area (Å²) in [4.78, 5) is 21.7. The Kier molecular flexibility index (Phi) is 4.13. The second-order valence-corrected chi connectivity index (χ2v) is 6.86. The average molecular weight is 391 g/mol. The first kappa shape index (κ1) is 16.6. The molecule has 24 heavy (non-hydrogen) atoms. The van der Waals surface area contributed by atoms with Crippen molar-refractivity contribution in [2.24, 2.45) is 10.7 Å². The number of carbonyl (C=O) groups excluding carboxylic acids is 1. The molecule has 2 heterocycles. The third-order valence-electron chi connectivity index (χ3n) is 4.18. The number of hydrogen-bond donors (Lipinski definition) is 1. The molecule has 0 radical (unpaired) electrons. The van der Waals surface area contributed by atoms with Gasteiger partial charge in [0.05, 0.1) is 12.0 Å². The molecule has 0 saturated carbocycles. The summed E-state index contributed by atoms with van der Waals surface area (Å²) >= 11 is 3.30. The molecule has 0 fully saturated rings. The highest BCUT2D eigenvalue weighted by molar-refractivity contribution is 9.10. The summed E-state index contributed by atoms with van der Waals surface area (Å²) in [5.41, 5.74) is 6.92. The van der Waals surface area contributed by atoms with Crippen LogP contribution in [0.3, 0.4) is 0 Å². The van der Waals surface area contributed by atoms with E-state index in [1.807, 2.05) is 25.1 Å². The van der Waals surface area contributed by atoms with Gasteiger partial charge >= 0.3 is 0 Å². The van der Waals surface area contributed by atoms with Gasteiger partial charge in [0.1, 0.15) is 0 Å². The standard InChI is InChI=1S/C17H16BrFN4O/c1-17(8-14(24)23(2)16(20)22-17)11-5-3-4-10(6-11)13-7-12(18)9-21-15(13)19/h3-7,9H,8H2,1-2H3,(H2,20,22). The summed E-state index contributed by atoms with van der Waals surface area (Å²) in [5, 5.41) is 0. The molecule has 2 aromatic rings. The van der Waals surface area contributed by atoms with Crippen LogP contribution in [0.15, 0.2) is 46.0 Å². The summed E-state index contributed by atoms with van der Waals surface area (Å²) in [6, 6.07) is 8.96. The summed E-state index contributed by atoms with van der Waals surface area (Å²) in [6.45, 7) is 1.85. The lowest BCUT2D eigenvalue weighted by Crippen LogP contribution is -2.47. The molecule has 1 amide bonds. The first-order chi connectivity index (χ1) is 11.3. The molecule has 1 aliphatic rings. The molecule has 124 valence electrons. The van der Waals surface area contributed by atoms with Crippen LogP contribution in [0, 0.1) is 5.95 Å². The molecule has 5 nitrogen and oxygen atoms in total. The number of aliphatic imine (C=N–C) groups is 1. The Morgan fingerprint density at radius 2 is 2.12 bits per heavy atom. The van der Waals surface area contributed by atoms with Crippen molar-refractivity contribution < 1.29 is 9.18 Å². The molecular formula is C17H16BrFN4O. The smallest absolute Gasteiger partial charge is 0.231 e. The van der Waals surface area contributed by atoms with Gasteiger partial charge in [-0.25, -0.2) is 9.98 Å². The second-order valence-electron chi connectivity index (χ2n) is 5.95.